The highest BCUT2D eigenvalue weighted by Gasteiger charge is 2.13. The number of benzene rings is 1. The van der Waals surface area contributed by atoms with Gasteiger partial charge in [-0.2, -0.15) is 0 Å². The summed E-state index contributed by atoms with van der Waals surface area (Å²) in [6, 6.07) is 9.15. The van der Waals surface area contributed by atoms with Crippen molar-refractivity contribution >= 4 is 38.5 Å². The first-order valence-electron chi connectivity index (χ1n) is 8.02. The summed E-state index contributed by atoms with van der Waals surface area (Å²) in [6.07, 6.45) is 3.23. The Labute approximate surface area is 149 Å². The van der Waals surface area contributed by atoms with E-state index in [1.54, 1.807) is 24.5 Å². The molecule has 2 N–H and O–H groups in total. The van der Waals surface area contributed by atoms with Gasteiger partial charge in [-0.05, 0) is 43.7 Å². The first kappa shape index (κ1) is 17.2. The fourth-order valence-electron chi connectivity index (χ4n) is 2.46. The lowest BCUT2D eigenvalue weighted by atomic mass is 10.1. The van der Waals surface area contributed by atoms with E-state index in [2.05, 4.69) is 15.6 Å². The van der Waals surface area contributed by atoms with Gasteiger partial charge in [0.1, 0.15) is 5.76 Å². The normalized spacial score (nSPS) is 12.1. The third kappa shape index (κ3) is 4.45. The quantitative estimate of drug-likeness (QED) is 0.706. The van der Waals surface area contributed by atoms with Crippen molar-refractivity contribution in [1.29, 1.82) is 0 Å². The minimum absolute atomic E-state index is 0.0321. The number of thiazole rings is 1. The summed E-state index contributed by atoms with van der Waals surface area (Å²) in [7, 11) is 0. The molecule has 130 valence electrons. The Bertz CT molecular complexity index is 886. The van der Waals surface area contributed by atoms with Gasteiger partial charge < -0.3 is 15.1 Å². The van der Waals surface area contributed by atoms with Gasteiger partial charge >= 0.3 is 0 Å². The number of hydrogen-bond donors (Lipinski definition) is 2. The number of fused-ring (bicyclic) bond motifs is 1. The number of anilines is 1. The molecule has 0 fully saturated rings. The van der Waals surface area contributed by atoms with Crippen LogP contribution in [-0.4, -0.2) is 22.8 Å². The van der Waals surface area contributed by atoms with Crippen LogP contribution in [0.3, 0.4) is 0 Å². The maximum atomic E-state index is 12.4. The van der Waals surface area contributed by atoms with Crippen LogP contribution in [0.2, 0.25) is 0 Å². The molecule has 3 rings (SSSR count). The lowest BCUT2D eigenvalue weighted by molar-refractivity contribution is -0.114. The van der Waals surface area contributed by atoms with E-state index in [1.807, 2.05) is 19.1 Å². The molecule has 0 radical (unpaired) electrons. The van der Waals surface area contributed by atoms with Gasteiger partial charge in [-0.25, -0.2) is 4.98 Å². The molecule has 7 heteroatoms. The maximum absolute atomic E-state index is 12.4. The van der Waals surface area contributed by atoms with E-state index >= 15 is 0 Å². The Morgan fingerprint density at radius 1 is 1.32 bits per heavy atom. The summed E-state index contributed by atoms with van der Waals surface area (Å²) in [6.45, 7) is 3.41. The molecular weight excluding hydrogens is 338 g/mol. The summed E-state index contributed by atoms with van der Waals surface area (Å²) in [5.41, 5.74) is 1.34. The van der Waals surface area contributed by atoms with Crippen molar-refractivity contribution in [3.8, 4) is 0 Å². The van der Waals surface area contributed by atoms with E-state index in [0.717, 1.165) is 28.8 Å². The van der Waals surface area contributed by atoms with E-state index in [4.69, 9.17) is 4.42 Å². The fraction of sp³-hybridized carbons (Fsp3) is 0.278. The summed E-state index contributed by atoms with van der Waals surface area (Å²) >= 11 is 1.35. The van der Waals surface area contributed by atoms with Gasteiger partial charge in [0.05, 0.1) is 16.5 Å². The number of rotatable bonds is 6. The van der Waals surface area contributed by atoms with Crippen LogP contribution in [-0.2, 0) is 11.2 Å². The molecule has 3 aromatic rings. The molecule has 0 aliphatic carbocycles. The number of amides is 2. The van der Waals surface area contributed by atoms with E-state index in [1.165, 1.54) is 18.3 Å². The van der Waals surface area contributed by atoms with Gasteiger partial charge in [0, 0.05) is 24.9 Å². The highest BCUT2D eigenvalue weighted by Crippen LogP contribution is 2.26. The Morgan fingerprint density at radius 2 is 2.16 bits per heavy atom. The molecule has 0 spiro atoms. The second-order valence-electron chi connectivity index (χ2n) is 5.88. The zero-order valence-electron chi connectivity index (χ0n) is 14.0. The van der Waals surface area contributed by atoms with Crippen LogP contribution >= 0.6 is 11.3 Å². The van der Waals surface area contributed by atoms with Crippen LogP contribution in [0, 0.1) is 0 Å². The summed E-state index contributed by atoms with van der Waals surface area (Å²) in [5, 5.41) is 6.19. The number of carbonyl (C=O) groups excluding carboxylic acids is 2. The molecule has 1 unspecified atom stereocenters. The molecule has 2 amide bonds. The van der Waals surface area contributed by atoms with E-state index in [-0.39, 0.29) is 17.9 Å². The van der Waals surface area contributed by atoms with E-state index in [0.29, 0.717) is 10.7 Å². The van der Waals surface area contributed by atoms with Crippen LogP contribution < -0.4 is 10.6 Å². The van der Waals surface area contributed by atoms with E-state index in [9.17, 15) is 9.59 Å². The second-order valence-corrected chi connectivity index (χ2v) is 6.91. The minimum Gasteiger partial charge on any atom is -0.469 e. The molecule has 2 heterocycles. The Morgan fingerprint density at radius 3 is 2.88 bits per heavy atom. The maximum Gasteiger partial charge on any atom is 0.251 e. The number of furan rings is 1. The number of aromatic nitrogens is 1. The lowest BCUT2D eigenvalue weighted by Gasteiger charge is -2.13. The van der Waals surface area contributed by atoms with Gasteiger partial charge in [0.2, 0.25) is 5.91 Å². The molecule has 1 aromatic carbocycles. The Hall–Kier alpha value is -2.67. The molecule has 25 heavy (non-hydrogen) atoms. The number of nitrogens with one attached hydrogen (secondary N) is 2. The van der Waals surface area contributed by atoms with Gasteiger partial charge in [-0.15, -0.1) is 0 Å². The lowest BCUT2D eigenvalue weighted by Crippen LogP contribution is -2.32. The van der Waals surface area contributed by atoms with Crippen molar-refractivity contribution < 1.29 is 14.0 Å². The summed E-state index contributed by atoms with van der Waals surface area (Å²) in [4.78, 5) is 27.9. The first-order chi connectivity index (χ1) is 12.0. The average molecular weight is 357 g/mol. The standard InChI is InChI=1S/C18H19N3O3S/c1-11(5-7-14-4-3-9-24-14)19-17(23)13-6-8-15-16(10-13)25-18(21-15)20-12(2)22/h3-4,6,8-11H,5,7H2,1-2H3,(H,19,23)(H,20,21,22). The predicted molar refractivity (Wildman–Crippen MR) is 97.9 cm³/mol. The van der Waals surface area contributed by atoms with Crippen LogP contribution in [0.5, 0.6) is 0 Å². The molecule has 0 saturated heterocycles. The SMILES string of the molecule is CC(=O)Nc1nc2ccc(C(=O)NC(C)CCc3ccco3)cc2s1. The Balaban J connectivity index is 1.63. The molecule has 0 aliphatic heterocycles. The van der Waals surface area contributed by atoms with Crippen molar-refractivity contribution in [3.63, 3.8) is 0 Å². The number of hydrogen-bond acceptors (Lipinski definition) is 5. The second kappa shape index (κ2) is 7.48. The Kier molecular flexibility index (Phi) is 5.14. The van der Waals surface area contributed by atoms with Gasteiger partial charge in [0.25, 0.3) is 5.91 Å². The summed E-state index contributed by atoms with van der Waals surface area (Å²) in [5.74, 6) is 0.628. The first-order valence-corrected chi connectivity index (χ1v) is 8.84. The molecular formula is C18H19N3O3S. The van der Waals surface area contributed by atoms with Gasteiger partial charge in [0.15, 0.2) is 5.13 Å². The highest BCUT2D eigenvalue weighted by atomic mass is 32.1. The monoisotopic (exact) mass is 357 g/mol. The smallest absolute Gasteiger partial charge is 0.251 e. The number of aryl methyl sites for hydroxylation is 1. The van der Waals surface area contributed by atoms with Crippen LogP contribution in [0.1, 0.15) is 36.4 Å². The van der Waals surface area contributed by atoms with Crippen molar-refractivity contribution in [2.24, 2.45) is 0 Å². The average Bonchev–Trinajstić information content (AvgIpc) is 3.20. The molecule has 1 atom stereocenters. The molecule has 2 aromatic heterocycles. The molecule has 0 bridgehead atoms. The van der Waals surface area contributed by atoms with Crippen molar-refractivity contribution in [2.45, 2.75) is 32.7 Å². The van der Waals surface area contributed by atoms with Crippen LogP contribution in [0.4, 0.5) is 5.13 Å². The summed E-state index contributed by atoms with van der Waals surface area (Å²) < 4.78 is 6.16. The van der Waals surface area contributed by atoms with Crippen molar-refractivity contribution in [2.75, 3.05) is 5.32 Å². The zero-order valence-corrected chi connectivity index (χ0v) is 14.9. The fourth-order valence-corrected chi connectivity index (χ4v) is 3.41. The van der Waals surface area contributed by atoms with E-state index < -0.39 is 0 Å². The van der Waals surface area contributed by atoms with Gasteiger partial charge in [-0.3, -0.25) is 9.59 Å². The van der Waals surface area contributed by atoms with Crippen molar-refractivity contribution in [3.05, 3.63) is 47.9 Å². The zero-order chi connectivity index (χ0) is 17.8. The topological polar surface area (TPSA) is 84.2 Å². The molecule has 0 aliphatic rings. The van der Waals surface area contributed by atoms with Crippen LogP contribution in [0.25, 0.3) is 10.2 Å². The number of carbonyl (C=O) groups is 2. The van der Waals surface area contributed by atoms with Crippen molar-refractivity contribution in [1.82, 2.24) is 10.3 Å². The number of nitrogens with zero attached hydrogens (tertiary/aromatic N) is 1. The van der Waals surface area contributed by atoms with Gasteiger partial charge in [-0.1, -0.05) is 11.3 Å². The van der Waals surface area contributed by atoms with Crippen LogP contribution in [0.15, 0.2) is 41.0 Å². The largest absolute Gasteiger partial charge is 0.469 e. The third-order valence-electron chi connectivity index (χ3n) is 3.71. The third-order valence-corrected chi connectivity index (χ3v) is 4.65. The predicted octanol–water partition coefficient (Wildman–Crippen LogP) is 3.60. The molecule has 0 saturated carbocycles. The molecule has 6 nitrogen and oxygen atoms in total. The highest BCUT2D eigenvalue weighted by molar-refractivity contribution is 7.22. The minimum atomic E-state index is -0.164.